The van der Waals surface area contributed by atoms with Crippen molar-refractivity contribution in [3.05, 3.63) is 59.1 Å². The van der Waals surface area contributed by atoms with E-state index in [9.17, 15) is 4.79 Å². The summed E-state index contributed by atoms with van der Waals surface area (Å²) >= 11 is 5.84. The summed E-state index contributed by atoms with van der Waals surface area (Å²) in [7, 11) is 0. The molecule has 118 valence electrons. The van der Waals surface area contributed by atoms with Crippen molar-refractivity contribution in [3.63, 3.8) is 0 Å². The average molecular weight is 332 g/mol. The number of fused-ring (bicyclic) bond motifs is 2. The number of anilines is 1. The molecule has 0 bridgehead atoms. The van der Waals surface area contributed by atoms with E-state index in [0.29, 0.717) is 22.9 Å². The highest BCUT2D eigenvalue weighted by molar-refractivity contribution is 6.30. The van der Waals surface area contributed by atoms with Gasteiger partial charge in [-0.2, -0.15) is 0 Å². The predicted molar refractivity (Wildman–Crippen MR) is 84.5 cm³/mol. The van der Waals surface area contributed by atoms with Gasteiger partial charge >= 0.3 is 0 Å². The van der Waals surface area contributed by atoms with E-state index < -0.39 is 5.79 Å². The molecule has 2 heterocycles. The molecule has 1 amide bonds. The molecule has 23 heavy (non-hydrogen) atoms. The molecule has 4 rings (SSSR count). The normalized spacial score (nSPS) is 25.4. The number of rotatable bonds is 3. The summed E-state index contributed by atoms with van der Waals surface area (Å²) in [6.07, 6.45) is -0.331. The fourth-order valence-corrected chi connectivity index (χ4v) is 2.91. The molecule has 1 spiro atoms. The Morgan fingerprint density at radius 2 is 2.00 bits per heavy atom. The van der Waals surface area contributed by atoms with Gasteiger partial charge in [0, 0.05) is 10.6 Å². The zero-order valence-electron chi connectivity index (χ0n) is 12.1. The zero-order valence-corrected chi connectivity index (χ0v) is 12.9. The van der Waals surface area contributed by atoms with Gasteiger partial charge in [-0.05, 0) is 30.3 Å². The van der Waals surface area contributed by atoms with Crippen molar-refractivity contribution in [2.75, 3.05) is 18.5 Å². The van der Waals surface area contributed by atoms with Crippen LogP contribution in [0.1, 0.15) is 5.56 Å². The van der Waals surface area contributed by atoms with E-state index in [0.717, 1.165) is 5.69 Å². The Bertz CT molecular complexity index is 749. The first kappa shape index (κ1) is 14.5. The van der Waals surface area contributed by atoms with E-state index in [1.807, 2.05) is 24.3 Å². The van der Waals surface area contributed by atoms with Gasteiger partial charge in [-0.3, -0.25) is 4.79 Å². The molecule has 1 saturated heterocycles. The molecular formula is C17H14ClNO4. The molecular weight excluding hydrogens is 318 g/mol. The van der Waals surface area contributed by atoms with Crippen molar-refractivity contribution in [2.24, 2.45) is 0 Å². The van der Waals surface area contributed by atoms with Crippen molar-refractivity contribution >= 4 is 23.2 Å². The molecule has 0 radical (unpaired) electrons. The second-order valence-corrected chi connectivity index (χ2v) is 5.87. The molecule has 2 aliphatic rings. The van der Waals surface area contributed by atoms with Crippen LogP contribution in [0.4, 0.5) is 5.69 Å². The van der Waals surface area contributed by atoms with Crippen molar-refractivity contribution in [3.8, 4) is 5.75 Å². The third-order valence-electron chi connectivity index (χ3n) is 3.88. The minimum absolute atomic E-state index is 0.287. The van der Waals surface area contributed by atoms with E-state index >= 15 is 0 Å². The summed E-state index contributed by atoms with van der Waals surface area (Å²) in [5, 5.41) is 3.44. The van der Waals surface area contributed by atoms with Gasteiger partial charge in [0.05, 0.1) is 12.3 Å². The van der Waals surface area contributed by atoms with Gasteiger partial charge in [0.1, 0.15) is 18.5 Å². The van der Waals surface area contributed by atoms with Crippen molar-refractivity contribution in [2.45, 2.75) is 11.9 Å². The zero-order chi connectivity index (χ0) is 15.9. The molecule has 2 aromatic rings. The molecule has 1 fully saturated rings. The van der Waals surface area contributed by atoms with Crippen LogP contribution < -0.4 is 10.1 Å². The second kappa shape index (κ2) is 5.53. The first-order valence-corrected chi connectivity index (χ1v) is 7.66. The van der Waals surface area contributed by atoms with E-state index in [-0.39, 0.29) is 18.6 Å². The highest BCUT2D eigenvalue weighted by atomic mass is 35.5. The molecule has 2 aromatic carbocycles. The largest absolute Gasteiger partial charge is 0.491 e. The molecule has 2 aliphatic heterocycles. The topological polar surface area (TPSA) is 56.8 Å². The smallest absolute Gasteiger partial charge is 0.289 e. The van der Waals surface area contributed by atoms with Crippen LogP contribution >= 0.6 is 11.6 Å². The molecule has 0 aromatic heterocycles. The number of carbonyl (C=O) groups is 1. The third-order valence-corrected chi connectivity index (χ3v) is 4.14. The lowest BCUT2D eigenvalue weighted by molar-refractivity contribution is -0.185. The van der Waals surface area contributed by atoms with Crippen LogP contribution in [0.25, 0.3) is 0 Å². The molecule has 0 aliphatic carbocycles. The highest BCUT2D eigenvalue weighted by Gasteiger charge is 2.55. The molecule has 6 heteroatoms. The standard InChI is InChI=1S/C17H14ClNO4/c18-11-5-7-12(8-6-11)21-9-13-10-22-17(23-13)14-3-1-2-4-15(14)19-16(17)20/h1-8,13H,9-10H2,(H,19,20)/t13-,17-/m0/s1. The average Bonchev–Trinajstić information content (AvgIpc) is 3.11. The van der Waals surface area contributed by atoms with Crippen LogP contribution in [0, 0.1) is 0 Å². The van der Waals surface area contributed by atoms with Crippen LogP contribution in [0.5, 0.6) is 5.75 Å². The third kappa shape index (κ3) is 2.47. The number of ether oxygens (including phenoxy) is 3. The number of halogens is 1. The summed E-state index contributed by atoms with van der Waals surface area (Å²) in [5.41, 5.74) is 1.43. The fraction of sp³-hybridized carbons (Fsp3) is 0.235. The minimum Gasteiger partial charge on any atom is -0.491 e. The number of amides is 1. The summed E-state index contributed by atoms with van der Waals surface area (Å²) in [6, 6.07) is 14.4. The predicted octanol–water partition coefficient (Wildman–Crippen LogP) is 2.94. The maximum Gasteiger partial charge on any atom is 0.289 e. The van der Waals surface area contributed by atoms with Crippen molar-refractivity contribution < 1.29 is 19.0 Å². The van der Waals surface area contributed by atoms with E-state index in [2.05, 4.69) is 5.32 Å². The van der Waals surface area contributed by atoms with Gasteiger partial charge in [-0.25, -0.2) is 0 Å². The second-order valence-electron chi connectivity index (χ2n) is 5.43. The first-order chi connectivity index (χ1) is 11.2. The SMILES string of the molecule is O=C1Nc2ccccc2[C@@]12OC[C@H](COc1ccc(Cl)cc1)O2. The Hall–Kier alpha value is -2.08. The number of hydrogen-bond acceptors (Lipinski definition) is 4. The van der Waals surface area contributed by atoms with Gasteiger partial charge in [0.15, 0.2) is 0 Å². The molecule has 1 N–H and O–H groups in total. The Labute approximate surface area is 138 Å². The monoisotopic (exact) mass is 331 g/mol. The van der Waals surface area contributed by atoms with E-state index in [1.54, 1.807) is 24.3 Å². The highest BCUT2D eigenvalue weighted by Crippen LogP contribution is 2.43. The first-order valence-electron chi connectivity index (χ1n) is 7.28. The van der Waals surface area contributed by atoms with Crippen LogP contribution in [0.2, 0.25) is 5.02 Å². The quantitative estimate of drug-likeness (QED) is 0.939. The maximum atomic E-state index is 12.3. The van der Waals surface area contributed by atoms with E-state index in [4.69, 9.17) is 25.8 Å². The van der Waals surface area contributed by atoms with Crippen LogP contribution in [-0.4, -0.2) is 25.2 Å². The Morgan fingerprint density at radius 3 is 2.83 bits per heavy atom. The summed E-state index contributed by atoms with van der Waals surface area (Å²) in [4.78, 5) is 12.3. The Kier molecular flexibility index (Phi) is 3.49. The van der Waals surface area contributed by atoms with Crippen molar-refractivity contribution in [1.29, 1.82) is 0 Å². The Morgan fingerprint density at radius 1 is 1.22 bits per heavy atom. The lowest BCUT2D eigenvalue weighted by atomic mass is 10.1. The number of para-hydroxylation sites is 1. The number of benzene rings is 2. The van der Waals surface area contributed by atoms with Crippen LogP contribution in [-0.2, 0) is 20.1 Å². The van der Waals surface area contributed by atoms with Gasteiger partial charge in [-0.1, -0.05) is 29.8 Å². The van der Waals surface area contributed by atoms with E-state index in [1.165, 1.54) is 0 Å². The number of carbonyl (C=O) groups excluding carboxylic acids is 1. The lowest BCUT2D eigenvalue weighted by Gasteiger charge is -2.20. The van der Waals surface area contributed by atoms with Crippen molar-refractivity contribution in [1.82, 2.24) is 0 Å². The summed E-state index contributed by atoms with van der Waals surface area (Å²) in [6.45, 7) is 0.578. The number of hydrogen-bond donors (Lipinski definition) is 1. The minimum atomic E-state index is -1.36. The van der Waals surface area contributed by atoms with Gasteiger partial charge in [0.25, 0.3) is 11.7 Å². The Balaban J connectivity index is 1.47. The maximum absolute atomic E-state index is 12.3. The summed E-state index contributed by atoms with van der Waals surface area (Å²) < 4.78 is 17.3. The molecule has 0 unspecified atom stereocenters. The summed E-state index contributed by atoms with van der Waals surface area (Å²) in [5.74, 6) is -0.965. The van der Waals surface area contributed by atoms with Gasteiger partial charge in [-0.15, -0.1) is 0 Å². The molecule has 2 atom stereocenters. The van der Waals surface area contributed by atoms with Crippen LogP contribution in [0.3, 0.4) is 0 Å². The lowest BCUT2D eigenvalue weighted by Crippen LogP contribution is -2.36. The molecule has 5 nitrogen and oxygen atoms in total. The van der Waals surface area contributed by atoms with Crippen LogP contribution in [0.15, 0.2) is 48.5 Å². The number of nitrogens with one attached hydrogen (secondary N) is 1. The molecule has 0 saturated carbocycles. The van der Waals surface area contributed by atoms with Gasteiger partial charge in [0.2, 0.25) is 0 Å². The van der Waals surface area contributed by atoms with Gasteiger partial charge < -0.3 is 19.5 Å². The fourth-order valence-electron chi connectivity index (χ4n) is 2.78.